The smallest absolute Gasteiger partial charge is 0.160 e. The highest BCUT2D eigenvalue weighted by Gasteiger charge is 2.50. The Labute approximate surface area is 174 Å². The number of amidine groups is 1. The highest BCUT2D eigenvalue weighted by atomic mass is 19.1. The van der Waals surface area contributed by atoms with Crippen LogP contribution in [0.15, 0.2) is 35.6 Å². The van der Waals surface area contributed by atoms with Crippen LogP contribution in [0.2, 0.25) is 0 Å². The molecule has 0 amide bonds. The van der Waals surface area contributed by atoms with Crippen molar-refractivity contribution in [3.63, 3.8) is 0 Å². The highest BCUT2D eigenvalue weighted by molar-refractivity contribution is 6.14. The van der Waals surface area contributed by atoms with Crippen LogP contribution in [0.1, 0.15) is 33.3 Å². The molecule has 6 nitrogen and oxygen atoms in total. The average molecular weight is 405 g/mol. The van der Waals surface area contributed by atoms with Crippen LogP contribution in [0.3, 0.4) is 0 Å². The van der Waals surface area contributed by atoms with Gasteiger partial charge in [-0.1, -0.05) is 18.2 Å². The van der Waals surface area contributed by atoms with Crippen LogP contribution in [-0.4, -0.2) is 28.6 Å². The first-order valence-electron chi connectivity index (χ1n) is 10.3. The third-order valence-corrected chi connectivity index (χ3v) is 6.35. The summed E-state index contributed by atoms with van der Waals surface area (Å²) in [5.74, 6) is 1.13. The second-order valence-electron chi connectivity index (χ2n) is 9.26. The lowest BCUT2D eigenvalue weighted by molar-refractivity contribution is 0.356. The predicted molar refractivity (Wildman–Crippen MR) is 118 cm³/mol. The van der Waals surface area contributed by atoms with Gasteiger partial charge in [-0.05, 0) is 39.1 Å². The van der Waals surface area contributed by atoms with Crippen molar-refractivity contribution in [2.24, 2.45) is 5.10 Å². The lowest BCUT2D eigenvalue weighted by Gasteiger charge is -2.45. The number of fused-ring (bicyclic) bond motifs is 6. The summed E-state index contributed by atoms with van der Waals surface area (Å²) in [5.41, 5.74) is 6.79. The van der Waals surface area contributed by atoms with Crippen molar-refractivity contribution in [2.45, 2.75) is 45.3 Å². The van der Waals surface area contributed by atoms with E-state index in [-0.39, 0.29) is 5.82 Å². The number of halogens is 1. The molecule has 0 aliphatic carbocycles. The minimum atomic E-state index is -0.548. The van der Waals surface area contributed by atoms with Gasteiger partial charge in [0.25, 0.3) is 0 Å². The minimum absolute atomic E-state index is 0.291. The first-order valence-corrected chi connectivity index (χ1v) is 10.3. The molecule has 7 heteroatoms. The Morgan fingerprint density at radius 1 is 1.17 bits per heavy atom. The molecule has 4 heterocycles. The van der Waals surface area contributed by atoms with Crippen LogP contribution >= 0.6 is 0 Å². The predicted octanol–water partition coefficient (Wildman–Crippen LogP) is 4.57. The summed E-state index contributed by atoms with van der Waals surface area (Å²) in [6, 6.07) is 7.93. The first kappa shape index (κ1) is 17.6. The third kappa shape index (κ3) is 2.10. The average Bonchev–Trinajstić information content (AvgIpc) is 3.40. The summed E-state index contributed by atoms with van der Waals surface area (Å²) in [7, 11) is 0. The quantitative estimate of drug-likeness (QED) is 0.555. The molecule has 2 aromatic carbocycles. The van der Waals surface area contributed by atoms with Gasteiger partial charge < -0.3 is 15.0 Å². The Morgan fingerprint density at radius 2 is 2.00 bits per heavy atom. The van der Waals surface area contributed by atoms with Crippen molar-refractivity contribution >= 4 is 28.1 Å². The van der Waals surface area contributed by atoms with Crippen molar-refractivity contribution < 1.29 is 9.13 Å². The Balaban J connectivity index is 1.72. The topological polar surface area (TPSA) is 64.7 Å². The Kier molecular flexibility index (Phi) is 3.22. The molecule has 6 rings (SSSR count). The first-order chi connectivity index (χ1) is 14.3. The monoisotopic (exact) mass is 405 g/mol. The molecule has 3 N–H and O–H groups in total. The van der Waals surface area contributed by atoms with E-state index in [9.17, 15) is 0 Å². The van der Waals surface area contributed by atoms with Gasteiger partial charge in [0.2, 0.25) is 0 Å². The van der Waals surface area contributed by atoms with Crippen molar-refractivity contribution in [3.8, 4) is 16.9 Å². The van der Waals surface area contributed by atoms with E-state index in [0.29, 0.717) is 23.6 Å². The summed E-state index contributed by atoms with van der Waals surface area (Å²) in [6.45, 7) is 8.72. The van der Waals surface area contributed by atoms with E-state index in [1.807, 2.05) is 49.2 Å². The van der Waals surface area contributed by atoms with Crippen LogP contribution in [0, 0.1) is 5.82 Å². The highest BCUT2D eigenvalue weighted by Crippen LogP contribution is 2.54. The Hall–Kier alpha value is -3.22. The number of aromatic amines is 1. The Bertz CT molecular complexity index is 1260. The van der Waals surface area contributed by atoms with E-state index in [1.54, 1.807) is 0 Å². The van der Waals surface area contributed by atoms with Gasteiger partial charge >= 0.3 is 0 Å². The summed E-state index contributed by atoms with van der Waals surface area (Å²) in [5, 5.41) is 9.17. The number of aromatic nitrogens is 1. The summed E-state index contributed by atoms with van der Waals surface area (Å²) in [4.78, 5) is 5.28. The molecule has 0 fully saturated rings. The van der Waals surface area contributed by atoms with E-state index in [2.05, 4.69) is 34.7 Å². The molecule has 0 spiro atoms. The van der Waals surface area contributed by atoms with Gasteiger partial charge in [0.15, 0.2) is 11.7 Å². The molecule has 1 aromatic heterocycles. The number of anilines is 2. The van der Waals surface area contributed by atoms with Crippen molar-refractivity contribution in [2.75, 3.05) is 16.8 Å². The van der Waals surface area contributed by atoms with E-state index < -0.39 is 11.2 Å². The van der Waals surface area contributed by atoms with Crippen molar-refractivity contribution in [3.05, 3.63) is 41.8 Å². The number of nitrogens with zero attached hydrogens (tertiary/aromatic N) is 2. The summed E-state index contributed by atoms with van der Waals surface area (Å²) < 4.78 is 22.5. The number of H-pyrrole nitrogens is 1. The van der Waals surface area contributed by atoms with Crippen molar-refractivity contribution in [1.82, 2.24) is 10.4 Å². The SMILES string of the molecule is CC1(C)Nc2c3c(c(-c4cccc5cc[nH]c45)c(F)c2N2C1=NNC2(C)C)OCC3. The zero-order valence-electron chi connectivity index (χ0n) is 17.5. The van der Waals surface area contributed by atoms with E-state index in [1.165, 1.54) is 0 Å². The fourth-order valence-electron chi connectivity index (χ4n) is 4.99. The lowest BCUT2D eigenvalue weighted by atomic mass is 9.89. The maximum atomic E-state index is 16.5. The number of hydrogen-bond donors (Lipinski definition) is 3. The largest absolute Gasteiger partial charge is 0.492 e. The Morgan fingerprint density at radius 3 is 2.83 bits per heavy atom. The van der Waals surface area contributed by atoms with Crippen LogP contribution in [0.4, 0.5) is 15.8 Å². The number of nitrogens with one attached hydrogen (secondary N) is 3. The van der Waals surface area contributed by atoms with Gasteiger partial charge in [-0.25, -0.2) is 4.39 Å². The zero-order chi connectivity index (χ0) is 20.8. The molecule has 0 radical (unpaired) electrons. The maximum Gasteiger partial charge on any atom is 0.160 e. The normalized spacial score (nSPS) is 20.0. The third-order valence-electron chi connectivity index (χ3n) is 6.35. The molecule has 30 heavy (non-hydrogen) atoms. The minimum Gasteiger partial charge on any atom is -0.492 e. The molecular weight excluding hydrogens is 381 g/mol. The van der Waals surface area contributed by atoms with Crippen LogP contribution < -0.4 is 20.4 Å². The standard InChI is InChI=1S/C23H24FN5O/c1-22(2)21-27-28-23(3,4)29(21)19-16(24)15(20-14(9-11-30-20)18(19)26-22)13-7-5-6-12-8-10-25-17(12)13/h5-8,10,25-26,28H,9,11H2,1-4H3. The van der Waals surface area contributed by atoms with E-state index in [0.717, 1.165) is 40.0 Å². The second-order valence-corrected chi connectivity index (χ2v) is 9.26. The van der Waals surface area contributed by atoms with Gasteiger partial charge in [0.1, 0.15) is 17.1 Å². The molecule has 0 bridgehead atoms. The van der Waals surface area contributed by atoms with Gasteiger partial charge in [0, 0.05) is 23.7 Å². The van der Waals surface area contributed by atoms with Gasteiger partial charge in [-0.3, -0.25) is 10.3 Å². The van der Waals surface area contributed by atoms with Gasteiger partial charge in [-0.15, -0.1) is 0 Å². The second kappa shape index (κ2) is 5.47. The zero-order valence-corrected chi connectivity index (χ0v) is 17.5. The number of hydrazone groups is 1. The molecule has 3 aliphatic heterocycles. The molecular formula is C23H24FN5O. The molecule has 0 unspecified atom stereocenters. The maximum absolute atomic E-state index is 16.5. The van der Waals surface area contributed by atoms with Crippen LogP contribution in [0.25, 0.3) is 22.0 Å². The molecule has 154 valence electrons. The summed E-state index contributed by atoms with van der Waals surface area (Å²) >= 11 is 0. The number of para-hydroxylation sites is 1. The fourth-order valence-corrected chi connectivity index (χ4v) is 4.99. The lowest BCUT2D eigenvalue weighted by Crippen LogP contribution is -2.59. The van der Waals surface area contributed by atoms with Gasteiger partial charge in [-0.2, -0.15) is 5.10 Å². The molecule has 3 aliphatic rings. The number of rotatable bonds is 1. The molecule has 0 saturated carbocycles. The molecule has 3 aromatic rings. The van der Waals surface area contributed by atoms with Crippen LogP contribution in [-0.2, 0) is 6.42 Å². The summed E-state index contributed by atoms with van der Waals surface area (Å²) in [6.07, 6.45) is 2.62. The van der Waals surface area contributed by atoms with Gasteiger partial charge in [0.05, 0.1) is 28.9 Å². The van der Waals surface area contributed by atoms with Crippen LogP contribution in [0.5, 0.6) is 5.75 Å². The van der Waals surface area contributed by atoms with E-state index >= 15 is 4.39 Å². The number of benzene rings is 2. The fraction of sp³-hybridized carbons (Fsp3) is 0.348. The van der Waals surface area contributed by atoms with Crippen molar-refractivity contribution in [1.29, 1.82) is 0 Å². The molecule has 0 atom stereocenters. The number of ether oxygens (including phenoxy) is 1. The molecule has 0 saturated heterocycles. The number of hydrogen-bond acceptors (Lipinski definition) is 5. The van der Waals surface area contributed by atoms with E-state index in [4.69, 9.17) is 4.74 Å².